The zero-order valence-electron chi connectivity index (χ0n) is 11.6. The van der Waals surface area contributed by atoms with E-state index in [2.05, 4.69) is 10.2 Å². The minimum atomic E-state index is 0.223. The summed E-state index contributed by atoms with van der Waals surface area (Å²) in [6.45, 7) is 1.41. The molecule has 3 aliphatic heterocycles. The molecule has 2 bridgehead atoms. The van der Waals surface area contributed by atoms with Gasteiger partial charge >= 0.3 is 0 Å². The molecular weight excluding hydrogens is 260 g/mol. The standard InChI is InChI=1S/C14H24N2O2S/c1-18-6-5-16(11-4-7-19-9-11)14(17)12-8-10-2-3-13(12)15-10/h10-13,15H,2-9H2,1H3. The summed E-state index contributed by atoms with van der Waals surface area (Å²) < 4.78 is 5.19. The third-order valence-corrected chi connectivity index (χ3v) is 5.93. The number of fused-ring (bicyclic) bond motifs is 2. The molecule has 0 saturated carbocycles. The molecule has 4 nitrogen and oxygen atoms in total. The van der Waals surface area contributed by atoms with Crippen LogP contribution < -0.4 is 5.32 Å². The predicted octanol–water partition coefficient (Wildman–Crippen LogP) is 1.11. The maximum atomic E-state index is 12.8. The number of carbonyl (C=O) groups excluding carboxylic acids is 1. The molecular formula is C14H24N2O2S. The van der Waals surface area contributed by atoms with Crippen LogP contribution in [-0.4, -0.2) is 60.7 Å². The number of amides is 1. The Balaban J connectivity index is 1.65. The van der Waals surface area contributed by atoms with Crippen molar-refractivity contribution in [1.29, 1.82) is 0 Å². The van der Waals surface area contributed by atoms with Gasteiger partial charge in [-0.3, -0.25) is 4.79 Å². The van der Waals surface area contributed by atoms with Crippen LogP contribution in [-0.2, 0) is 9.53 Å². The van der Waals surface area contributed by atoms with Gasteiger partial charge in [0.25, 0.3) is 0 Å². The Morgan fingerprint density at radius 3 is 2.89 bits per heavy atom. The zero-order chi connectivity index (χ0) is 13.2. The Kier molecular flexibility index (Phi) is 4.34. The Hall–Kier alpha value is -0.260. The number of ether oxygens (including phenoxy) is 1. The molecule has 3 fully saturated rings. The number of thioether (sulfide) groups is 1. The second-order valence-corrected chi connectivity index (χ2v) is 7.08. The lowest BCUT2D eigenvalue weighted by Crippen LogP contribution is -2.47. The summed E-state index contributed by atoms with van der Waals surface area (Å²) in [4.78, 5) is 15.0. The molecule has 0 radical (unpaired) electrons. The number of nitrogens with one attached hydrogen (secondary N) is 1. The summed E-state index contributed by atoms with van der Waals surface area (Å²) in [7, 11) is 1.71. The van der Waals surface area contributed by atoms with E-state index in [0.717, 1.165) is 25.1 Å². The molecule has 5 heteroatoms. The summed E-state index contributed by atoms with van der Waals surface area (Å²) in [5, 5.41) is 3.58. The van der Waals surface area contributed by atoms with Crippen molar-refractivity contribution in [1.82, 2.24) is 10.2 Å². The van der Waals surface area contributed by atoms with Crippen LogP contribution in [0.4, 0.5) is 0 Å². The van der Waals surface area contributed by atoms with Gasteiger partial charge in [-0.05, 0) is 31.4 Å². The highest BCUT2D eigenvalue weighted by atomic mass is 32.2. The summed E-state index contributed by atoms with van der Waals surface area (Å²) in [5.74, 6) is 2.89. The normalized spacial score (nSPS) is 36.9. The summed E-state index contributed by atoms with van der Waals surface area (Å²) in [6.07, 6.45) is 4.63. The SMILES string of the molecule is COCCN(C(=O)C1CC2CCC1N2)C1CCSC1. The van der Waals surface area contributed by atoms with Crippen molar-refractivity contribution in [2.45, 2.75) is 43.8 Å². The van der Waals surface area contributed by atoms with E-state index in [0.29, 0.717) is 30.6 Å². The quantitative estimate of drug-likeness (QED) is 0.821. The topological polar surface area (TPSA) is 41.6 Å². The van der Waals surface area contributed by atoms with Gasteiger partial charge in [0.1, 0.15) is 0 Å². The fraction of sp³-hybridized carbons (Fsp3) is 0.929. The molecule has 3 aliphatic rings. The first-order valence-corrected chi connectivity index (χ1v) is 8.58. The largest absolute Gasteiger partial charge is 0.383 e. The number of hydrogen-bond acceptors (Lipinski definition) is 4. The zero-order valence-corrected chi connectivity index (χ0v) is 12.5. The number of nitrogens with zero attached hydrogens (tertiary/aromatic N) is 1. The predicted molar refractivity (Wildman–Crippen MR) is 77.4 cm³/mol. The average molecular weight is 284 g/mol. The van der Waals surface area contributed by atoms with Gasteiger partial charge in [-0.1, -0.05) is 0 Å². The van der Waals surface area contributed by atoms with Crippen LogP contribution in [0.3, 0.4) is 0 Å². The van der Waals surface area contributed by atoms with E-state index in [1.54, 1.807) is 7.11 Å². The van der Waals surface area contributed by atoms with E-state index >= 15 is 0 Å². The van der Waals surface area contributed by atoms with E-state index in [1.807, 2.05) is 11.8 Å². The highest BCUT2D eigenvalue weighted by Crippen LogP contribution is 2.35. The number of carbonyl (C=O) groups is 1. The summed E-state index contributed by atoms with van der Waals surface area (Å²) in [5.41, 5.74) is 0. The van der Waals surface area contributed by atoms with Gasteiger partial charge in [0.15, 0.2) is 0 Å². The van der Waals surface area contributed by atoms with Gasteiger partial charge in [-0.25, -0.2) is 0 Å². The second kappa shape index (κ2) is 6.02. The van der Waals surface area contributed by atoms with E-state index in [9.17, 15) is 4.79 Å². The molecule has 0 aromatic rings. The fourth-order valence-corrected chi connectivity index (χ4v) is 4.96. The Morgan fingerprint density at radius 1 is 1.42 bits per heavy atom. The van der Waals surface area contributed by atoms with Crippen molar-refractivity contribution in [3.05, 3.63) is 0 Å². The molecule has 4 atom stereocenters. The minimum Gasteiger partial charge on any atom is -0.383 e. The van der Waals surface area contributed by atoms with Gasteiger partial charge in [0.05, 0.1) is 12.5 Å². The average Bonchev–Trinajstić information content (AvgIpc) is 3.15. The van der Waals surface area contributed by atoms with Crippen LogP contribution in [0.5, 0.6) is 0 Å². The van der Waals surface area contributed by atoms with E-state index in [-0.39, 0.29) is 5.92 Å². The molecule has 0 spiro atoms. The van der Waals surface area contributed by atoms with E-state index in [1.165, 1.54) is 18.6 Å². The lowest BCUT2D eigenvalue weighted by Gasteiger charge is -2.33. The van der Waals surface area contributed by atoms with Crippen molar-refractivity contribution in [3.8, 4) is 0 Å². The third kappa shape index (κ3) is 2.78. The molecule has 0 aromatic carbocycles. The molecule has 3 saturated heterocycles. The third-order valence-electron chi connectivity index (χ3n) is 4.78. The summed E-state index contributed by atoms with van der Waals surface area (Å²) >= 11 is 1.97. The van der Waals surface area contributed by atoms with Gasteiger partial charge in [-0.15, -0.1) is 0 Å². The highest BCUT2D eigenvalue weighted by Gasteiger charge is 2.45. The number of hydrogen-bond donors (Lipinski definition) is 1. The number of methoxy groups -OCH3 is 1. The maximum absolute atomic E-state index is 12.8. The molecule has 19 heavy (non-hydrogen) atoms. The molecule has 0 aliphatic carbocycles. The highest BCUT2D eigenvalue weighted by molar-refractivity contribution is 7.99. The molecule has 108 valence electrons. The smallest absolute Gasteiger partial charge is 0.227 e. The maximum Gasteiger partial charge on any atom is 0.227 e. The molecule has 1 N–H and O–H groups in total. The lowest BCUT2D eigenvalue weighted by molar-refractivity contribution is -0.138. The minimum absolute atomic E-state index is 0.223. The molecule has 3 heterocycles. The first-order chi connectivity index (χ1) is 9.29. The molecule has 4 unspecified atom stereocenters. The first kappa shape index (κ1) is 13.7. The van der Waals surface area contributed by atoms with Crippen molar-refractivity contribution >= 4 is 17.7 Å². The Labute approximate surface area is 119 Å². The van der Waals surface area contributed by atoms with E-state index in [4.69, 9.17) is 4.74 Å². The monoisotopic (exact) mass is 284 g/mol. The first-order valence-electron chi connectivity index (χ1n) is 7.43. The van der Waals surface area contributed by atoms with Gasteiger partial charge in [-0.2, -0.15) is 11.8 Å². The van der Waals surface area contributed by atoms with Crippen LogP contribution in [0.2, 0.25) is 0 Å². The molecule has 0 aromatic heterocycles. The second-order valence-electron chi connectivity index (χ2n) is 5.93. The van der Waals surface area contributed by atoms with Crippen LogP contribution in [0.1, 0.15) is 25.7 Å². The van der Waals surface area contributed by atoms with Crippen LogP contribution in [0, 0.1) is 5.92 Å². The molecule has 3 rings (SSSR count). The Bertz CT molecular complexity index is 333. The van der Waals surface area contributed by atoms with Crippen molar-refractivity contribution in [2.24, 2.45) is 5.92 Å². The van der Waals surface area contributed by atoms with Gasteiger partial charge in [0, 0.05) is 37.5 Å². The van der Waals surface area contributed by atoms with Crippen LogP contribution in [0.15, 0.2) is 0 Å². The van der Waals surface area contributed by atoms with Crippen LogP contribution >= 0.6 is 11.8 Å². The van der Waals surface area contributed by atoms with Gasteiger partial charge < -0.3 is 15.0 Å². The van der Waals surface area contributed by atoms with Crippen molar-refractivity contribution in [2.75, 3.05) is 31.8 Å². The van der Waals surface area contributed by atoms with Crippen molar-refractivity contribution in [3.63, 3.8) is 0 Å². The van der Waals surface area contributed by atoms with Crippen molar-refractivity contribution < 1.29 is 9.53 Å². The summed E-state index contributed by atoms with van der Waals surface area (Å²) in [6, 6.07) is 1.48. The van der Waals surface area contributed by atoms with Crippen LogP contribution in [0.25, 0.3) is 0 Å². The Morgan fingerprint density at radius 2 is 2.32 bits per heavy atom. The van der Waals surface area contributed by atoms with Gasteiger partial charge in [0.2, 0.25) is 5.91 Å². The fourth-order valence-electron chi connectivity index (χ4n) is 3.74. The number of rotatable bonds is 5. The molecule has 1 amide bonds. The lowest BCUT2D eigenvalue weighted by atomic mass is 9.87. The van der Waals surface area contributed by atoms with E-state index < -0.39 is 0 Å².